The maximum absolute atomic E-state index is 12.5. The molecule has 1 aliphatic carbocycles. The molecule has 9 heteroatoms. The number of nitrogens with one attached hydrogen (secondary N) is 3. The maximum atomic E-state index is 12.5. The lowest BCUT2D eigenvalue weighted by molar-refractivity contribution is -0.133. The van der Waals surface area contributed by atoms with E-state index in [1.165, 1.54) is 37.2 Å². The van der Waals surface area contributed by atoms with Crippen molar-refractivity contribution in [3.8, 4) is 6.19 Å². The number of amides is 2. The van der Waals surface area contributed by atoms with E-state index in [2.05, 4.69) is 25.9 Å². The zero-order valence-electron chi connectivity index (χ0n) is 19.3. The van der Waals surface area contributed by atoms with Gasteiger partial charge in [0, 0.05) is 30.7 Å². The molecule has 32 heavy (non-hydrogen) atoms. The molecule has 0 spiro atoms. The Hall–Kier alpha value is -2.86. The Balaban J connectivity index is 1.70. The lowest BCUT2D eigenvalue weighted by Crippen LogP contribution is -2.44. The van der Waals surface area contributed by atoms with Crippen LogP contribution >= 0.6 is 0 Å². The summed E-state index contributed by atoms with van der Waals surface area (Å²) in [6.07, 6.45) is 14.0. The van der Waals surface area contributed by atoms with Gasteiger partial charge in [-0.3, -0.25) is 9.82 Å². The molecule has 1 saturated carbocycles. The third-order valence-electron chi connectivity index (χ3n) is 5.26. The summed E-state index contributed by atoms with van der Waals surface area (Å²) < 4.78 is 0. The summed E-state index contributed by atoms with van der Waals surface area (Å²) in [6.45, 7) is 5.73. The maximum Gasteiger partial charge on any atom is 0.341 e. The molecule has 176 valence electrons. The van der Waals surface area contributed by atoms with E-state index in [1.807, 2.05) is 13.8 Å². The summed E-state index contributed by atoms with van der Waals surface area (Å²) in [6, 6.07) is 3.51. The van der Waals surface area contributed by atoms with Gasteiger partial charge in [0.15, 0.2) is 0 Å². The summed E-state index contributed by atoms with van der Waals surface area (Å²) in [5.41, 5.74) is 0.809. The number of nitrogens with zero attached hydrogens (tertiary/aromatic N) is 4. The van der Waals surface area contributed by atoms with Crippen molar-refractivity contribution in [1.29, 1.82) is 5.26 Å². The molecule has 2 rings (SSSR count). The van der Waals surface area contributed by atoms with Gasteiger partial charge in [0.05, 0.1) is 13.2 Å². The second-order valence-corrected chi connectivity index (χ2v) is 8.41. The SMILES string of the molecule is CC(C)NC(=O)N(CCCCCNC(=NC#N)Nc1ccncc1)OCC1CCCCC1. The van der Waals surface area contributed by atoms with Gasteiger partial charge in [-0.15, -0.1) is 4.99 Å². The fourth-order valence-corrected chi connectivity index (χ4v) is 3.59. The Labute approximate surface area is 191 Å². The summed E-state index contributed by atoms with van der Waals surface area (Å²) in [5, 5.41) is 19.5. The van der Waals surface area contributed by atoms with Gasteiger partial charge in [-0.2, -0.15) is 5.26 Å². The fourth-order valence-electron chi connectivity index (χ4n) is 3.59. The smallest absolute Gasteiger partial charge is 0.341 e. The molecule has 1 aliphatic rings. The van der Waals surface area contributed by atoms with Crippen LogP contribution in [0.2, 0.25) is 0 Å². The number of hydrogen-bond donors (Lipinski definition) is 3. The highest BCUT2D eigenvalue weighted by Crippen LogP contribution is 2.24. The summed E-state index contributed by atoms with van der Waals surface area (Å²) >= 11 is 0. The van der Waals surface area contributed by atoms with E-state index in [1.54, 1.807) is 30.7 Å². The van der Waals surface area contributed by atoms with Crippen molar-refractivity contribution in [3.63, 3.8) is 0 Å². The normalized spacial score (nSPS) is 14.6. The highest BCUT2D eigenvalue weighted by atomic mass is 16.7. The topological polar surface area (TPSA) is 115 Å². The number of anilines is 1. The Bertz CT molecular complexity index is 728. The quantitative estimate of drug-likeness (QED) is 0.156. The minimum atomic E-state index is -0.168. The number of rotatable bonds is 11. The van der Waals surface area contributed by atoms with Gasteiger partial charge in [0.25, 0.3) is 0 Å². The van der Waals surface area contributed by atoms with E-state index >= 15 is 0 Å². The van der Waals surface area contributed by atoms with Crippen molar-refractivity contribution in [2.75, 3.05) is 25.0 Å². The number of aliphatic imine (C=N–C) groups is 1. The van der Waals surface area contributed by atoms with Crippen molar-refractivity contribution >= 4 is 17.7 Å². The van der Waals surface area contributed by atoms with E-state index in [0.29, 0.717) is 31.6 Å². The monoisotopic (exact) mass is 443 g/mol. The Morgan fingerprint density at radius 2 is 2.00 bits per heavy atom. The molecule has 1 aromatic rings. The number of hydroxylamine groups is 2. The first-order valence-electron chi connectivity index (χ1n) is 11.7. The van der Waals surface area contributed by atoms with Crippen molar-refractivity contribution < 1.29 is 9.63 Å². The molecule has 0 saturated heterocycles. The van der Waals surface area contributed by atoms with Crippen LogP contribution in [0.15, 0.2) is 29.5 Å². The first-order valence-corrected chi connectivity index (χ1v) is 11.7. The molecule has 0 aromatic carbocycles. The van der Waals surface area contributed by atoms with Gasteiger partial charge < -0.3 is 16.0 Å². The molecule has 1 aromatic heterocycles. The minimum absolute atomic E-state index is 0.0678. The molecule has 0 radical (unpaired) electrons. The molecule has 1 fully saturated rings. The van der Waals surface area contributed by atoms with Gasteiger partial charge in [-0.1, -0.05) is 19.3 Å². The highest BCUT2D eigenvalue weighted by molar-refractivity contribution is 5.94. The Morgan fingerprint density at radius 1 is 1.25 bits per heavy atom. The number of hydrogen-bond acceptors (Lipinski definition) is 5. The molecule has 1 heterocycles. The minimum Gasteiger partial charge on any atom is -0.355 e. The lowest BCUT2D eigenvalue weighted by atomic mass is 9.90. The number of nitriles is 1. The van der Waals surface area contributed by atoms with Crippen LogP contribution in [0.1, 0.15) is 65.2 Å². The first kappa shape index (κ1) is 25.4. The zero-order chi connectivity index (χ0) is 23.0. The summed E-state index contributed by atoms with van der Waals surface area (Å²) in [4.78, 5) is 26.2. The second kappa shape index (κ2) is 15.0. The number of carbonyl (C=O) groups excluding carboxylic acids is 1. The third kappa shape index (κ3) is 10.4. The Morgan fingerprint density at radius 3 is 2.69 bits per heavy atom. The molecule has 9 nitrogen and oxygen atoms in total. The van der Waals surface area contributed by atoms with Crippen LogP contribution in [0.4, 0.5) is 10.5 Å². The summed E-state index contributed by atoms with van der Waals surface area (Å²) in [5.74, 6) is 0.959. The number of unbranched alkanes of at least 4 members (excludes halogenated alkanes) is 2. The van der Waals surface area contributed by atoms with Crippen molar-refractivity contribution in [1.82, 2.24) is 20.7 Å². The van der Waals surface area contributed by atoms with E-state index in [0.717, 1.165) is 24.9 Å². The van der Waals surface area contributed by atoms with E-state index in [4.69, 9.17) is 10.1 Å². The van der Waals surface area contributed by atoms with Gasteiger partial charge >= 0.3 is 6.03 Å². The number of guanidine groups is 1. The number of aromatic nitrogens is 1. The number of pyridine rings is 1. The number of carbonyl (C=O) groups is 1. The van der Waals surface area contributed by atoms with Gasteiger partial charge in [-0.25, -0.2) is 9.86 Å². The highest BCUT2D eigenvalue weighted by Gasteiger charge is 2.19. The average Bonchev–Trinajstić information content (AvgIpc) is 2.79. The predicted molar refractivity (Wildman–Crippen MR) is 126 cm³/mol. The van der Waals surface area contributed by atoms with Crippen molar-refractivity contribution in [2.45, 2.75) is 71.3 Å². The molecule has 0 atom stereocenters. The van der Waals surface area contributed by atoms with Crippen LogP contribution in [0, 0.1) is 17.4 Å². The molecular formula is C23H37N7O2. The van der Waals surface area contributed by atoms with Gasteiger partial charge in [-0.05, 0) is 64.0 Å². The average molecular weight is 444 g/mol. The van der Waals surface area contributed by atoms with Crippen LogP contribution in [-0.2, 0) is 4.84 Å². The molecule has 3 N–H and O–H groups in total. The standard InChI is InChI=1S/C23H37N7O2/c1-19(2)28-23(31)30(32-17-20-9-5-3-6-10-20)16-8-4-7-13-26-22(27-18-24)29-21-11-14-25-15-12-21/h11-12,14-15,19-20H,3-10,13,16-17H2,1-2H3,(H,28,31)(H2,25,26,27,29). The molecule has 0 unspecified atom stereocenters. The van der Waals surface area contributed by atoms with Crippen molar-refractivity contribution in [2.24, 2.45) is 10.9 Å². The molecule has 0 bridgehead atoms. The molecule has 2 amide bonds. The van der Waals surface area contributed by atoms with Crippen LogP contribution in [-0.4, -0.2) is 47.8 Å². The predicted octanol–water partition coefficient (Wildman–Crippen LogP) is 4.02. The Kier molecular flexibility index (Phi) is 11.9. The van der Waals surface area contributed by atoms with Crippen LogP contribution in [0.25, 0.3) is 0 Å². The van der Waals surface area contributed by atoms with Crippen LogP contribution in [0.3, 0.4) is 0 Å². The van der Waals surface area contributed by atoms with Crippen LogP contribution in [0.5, 0.6) is 0 Å². The largest absolute Gasteiger partial charge is 0.355 e. The van der Waals surface area contributed by atoms with E-state index < -0.39 is 0 Å². The summed E-state index contributed by atoms with van der Waals surface area (Å²) in [7, 11) is 0. The molecule has 0 aliphatic heterocycles. The molecular weight excluding hydrogens is 406 g/mol. The fraction of sp³-hybridized carbons (Fsp3) is 0.652. The van der Waals surface area contributed by atoms with Crippen LogP contribution < -0.4 is 16.0 Å². The second-order valence-electron chi connectivity index (χ2n) is 8.41. The van der Waals surface area contributed by atoms with Crippen molar-refractivity contribution in [3.05, 3.63) is 24.5 Å². The zero-order valence-corrected chi connectivity index (χ0v) is 19.3. The third-order valence-corrected chi connectivity index (χ3v) is 5.26. The van der Waals surface area contributed by atoms with E-state index in [-0.39, 0.29) is 12.1 Å². The number of urea groups is 1. The van der Waals surface area contributed by atoms with Gasteiger partial charge in [0.1, 0.15) is 0 Å². The lowest BCUT2D eigenvalue weighted by Gasteiger charge is -2.27. The van der Waals surface area contributed by atoms with E-state index in [9.17, 15) is 4.79 Å². The first-order chi connectivity index (χ1) is 15.6. The van der Waals surface area contributed by atoms with Gasteiger partial charge in [0.2, 0.25) is 12.2 Å².